The highest BCUT2D eigenvalue weighted by atomic mass is 16.3. The lowest BCUT2D eigenvalue weighted by Gasteiger charge is -2.34. The van der Waals surface area contributed by atoms with Crippen molar-refractivity contribution in [3.05, 3.63) is 30.1 Å². The van der Waals surface area contributed by atoms with Gasteiger partial charge in [0.05, 0.1) is 6.10 Å². The van der Waals surface area contributed by atoms with Crippen molar-refractivity contribution >= 4 is 0 Å². The van der Waals surface area contributed by atoms with E-state index < -0.39 is 0 Å². The summed E-state index contributed by atoms with van der Waals surface area (Å²) in [5, 5.41) is 9.62. The van der Waals surface area contributed by atoms with Gasteiger partial charge in [-0.1, -0.05) is 6.92 Å². The summed E-state index contributed by atoms with van der Waals surface area (Å²) in [5.41, 5.74) is 1.30. The van der Waals surface area contributed by atoms with E-state index in [1.54, 1.807) is 0 Å². The molecule has 15 heavy (non-hydrogen) atoms. The van der Waals surface area contributed by atoms with E-state index in [-0.39, 0.29) is 6.10 Å². The highest BCUT2D eigenvalue weighted by molar-refractivity contribution is 5.09. The Balaban J connectivity index is 1.91. The van der Waals surface area contributed by atoms with Crippen LogP contribution in [-0.2, 0) is 6.54 Å². The Morgan fingerprint density at radius 3 is 2.87 bits per heavy atom. The van der Waals surface area contributed by atoms with E-state index in [1.165, 1.54) is 5.56 Å². The van der Waals surface area contributed by atoms with Gasteiger partial charge in [0.1, 0.15) is 0 Å². The number of aliphatic hydroxyl groups excluding tert-OH is 1. The fourth-order valence-electron chi connectivity index (χ4n) is 2.11. The number of piperidine rings is 1. The van der Waals surface area contributed by atoms with E-state index in [9.17, 15) is 5.11 Å². The van der Waals surface area contributed by atoms with Crippen molar-refractivity contribution in [1.29, 1.82) is 0 Å². The molecule has 0 aromatic carbocycles. The molecule has 1 saturated heterocycles. The normalized spacial score (nSPS) is 27.9. The van der Waals surface area contributed by atoms with E-state index in [1.807, 2.05) is 12.4 Å². The molecule has 0 saturated carbocycles. The van der Waals surface area contributed by atoms with Crippen molar-refractivity contribution in [2.24, 2.45) is 5.92 Å². The number of rotatable bonds is 2. The molecule has 2 atom stereocenters. The van der Waals surface area contributed by atoms with Crippen LogP contribution in [0.15, 0.2) is 24.5 Å². The molecule has 0 radical (unpaired) electrons. The van der Waals surface area contributed by atoms with Crippen LogP contribution in [0.5, 0.6) is 0 Å². The van der Waals surface area contributed by atoms with Crippen molar-refractivity contribution in [3.63, 3.8) is 0 Å². The van der Waals surface area contributed by atoms with Gasteiger partial charge >= 0.3 is 0 Å². The second-order valence-electron chi connectivity index (χ2n) is 4.42. The van der Waals surface area contributed by atoms with Crippen LogP contribution in [-0.4, -0.2) is 34.2 Å². The number of aromatic nitrogens is 1. The second-order valence-corrected chi connectivity index (χ2v) is 4.42. The molecule has 1 aromatic heterocycles. The van der Waals surface area contributed by atoms with Gasteiger partial charge in [0.25, 0.3) is 0 Å². The van der Waals surface area contributed by atoms with Crippen molar-refractivity contribution in [1.82, 2.24) is 9.88 Å². The Labute approximate surface area is 90.8 Å². The van der Waals surface area contributed by atoms with Crippen LogP contribution < -0.4 is 0 Å². The monoisotopic (exact) mass is 206 g/mol. The van der Waals surface area contributed by atoms with Gasteiger partial charge in [-0.05, 0) is 30.0 Å². The Hall–Kier alpha value is -0.930. The first-order valence-corrected chi connectivity index (χ1v) is 5.55. The van der Waals surface area contributed by atoms with Crippen LogP contribution in [0.2, 0.25) is 0 Å². The van der Waals surface area contributed by atoms with Gasteiger partial charge in [-0.15, -0.1) is 0 Å². The van der Waals surface area contributed by atoms with Crippen molar-refractivity contribution in [2.75, 3.05) is 13.1 Å². The van der Waals surface area contributed by atoms with E-state index in [0.717, 1.165) is 26.1 Å². The van der Waals surface area contributed by atoms with Gasteiger partial charge in [0, 0.05) is 32.0 Å². The molecule has 0 spiro atoms. The summed E-state index contributed by atoms with van der Waals surface area (Å²) in [6.45, 7) is 5.07. The summed E-state index contributed by atoms with van der Waals surface area (Å²) in [7, 11) is 0. The molecule has 1 fully saturated rings. The second kappa shape index (κ2) is 4.73. The highest BCUT2D eigenvalue weighted by Gasteiger charge is 2.23. The third kappa shape index (κ3) is 2.76. The fraction of sp³-hybridized carbons (Fsp3) is 0.583. The predicted octanol–water partition coefficient (Wildman–Crippen LogP) is 1.28. The van der Waals surface area contributed by atoms with Gasteiger partial charge in [0.2, 0.25) is 0 Å². The molecule has 1 aromatic rings. The maximum Gasteiger partial charge on any atom is 0.0590 e. The van der Waals surface area contributed by atoms with Gasteiger partial charge in [-0.2, -0.15) is 0 Å². The molecule has 1 aliphatic heterocycles. The van der Waals surface area contributed by atoms with Crippen LogP contribution >= 0.6 is 0 Å². The third-order valence-electron chi connectivity index (χ3n) is 3.10. The number of nitrogens with zero attached hydrogens (tertiary/aromatic N) is 2. The molecule has 1 N–H and O–H groups in total. The van der Waals surface area contributed by atoms with Crippen LogP contribution in [0.25, 0.3) is 0 Å². The predicted molar refractivity (Wildman–Crippen MR) is 59.3 cm³/mol. The molecule has 2 rings (SSSR count). The fourth-order valence-corrected chi connectivity index (χ4v) is 2.11. The Morgan fingerprint density at radius 2 is 2.20 bits per heavy atom. The Bertz CT molecular complexity index is 302. The largest absolute Gasteiger partial charge is 0.393 e. The van der Waals surface area contributed by atoms with Gasteiger partial charge in [0.15, 0.2) is 0 Å². The molecule has 3 heteroatoms. The van der Waals surface area contributed by atoms with Gasteiger partial charge < -0.3 is 5.11 Å². The first-order valence-electron chi connectivity index (χ1n) is 5.55. The summed E-state index contributed by atoms with van der Waals surface area (Å²) < 4.78 is 0. The number of pyridine rings is 1. The molecule has 82 valence electrons. The summed E-state index contributed by atoms with van der Waals surface area (Å²) in [5.74, 6) is 0.389. The standard InChI is InChI=1S/C12H18N2O/c1-10-8-14(7-4-12(10)15)9-11-2-5-13-6-3-11/h2-3,5-6,10,12,15H,4,7-9H2,1H3. The first-order chi connectivity index (χ1) is 7.25. The summed E-state index contributed by atoms with van der Waals surface area (Å²) in [4.78, 5) is 6.40. The van der Waals surface area contributed by atoms with E-state index in [0.29, 0.717) is 5.92 Å². The smallest absolute Gasteiger partial charge is 0.0590 e. The average molecular weight is 206 g/mol. The van der Waals surface area contributed by atoms with E-state index >= 15 is 0 Å². The van der Waals surface area contributed by atoms with Crippen LogP contribution in [0, 0.1) is 5.92 Å². The molecule has 0 amide bonds. The van der Waals surface area contributed by atoms with Crippen molar-refractivity contribution < 1.29 is 5.11 Å². The number of hydrogen-bond donors (Lipinski definition) is 1. The number of hydrogen-bond acceptors (Lipinski definition) is 3. The van der Waals surface area contributed by atoms with Gasteiger partial charge in [-0.3, -0.25) is 9.88 Å². The minimum atomic E-state index is -0.112. The maximum absolute atomic E-state index is 9.62. The zero-order valence-corrected chi connectivity index (χ0v) is 9.13. The minimum Gasteiger partial charge on any atom is -0.393 e. The van der Waals surface area contributed by atoms with Crippen molar-refractivity contribution in [2.45, 2.75) is 26.0 Å². The van der Waals surface area contributed by atoms with E-state index in [2.05, 4.69) is 28.9 Å². The van der Waals surface area contributed by atoms with Gasteiger partial charge in [-0.25, -0.2) is 0 Å². The molecule has 1 aliphatic rings. The summed E-state index contributed by atoms with van der Waals surface area (Å²) >= 11 is 0. The third-order valence-corrected chi connectivity index (χ3v) is 3.10. The molecular formula is C12H18N2O. The topological polar surface area (TPSA) is 36.4 Å². The van der Waals surface area contributed by atoms with Crippen molar-refractivity contribution in [3.8, 4) is 0 Å². The maximum atomic E-state index is 9.62. The Kier molecular flexibility index (Phi) is 3.34. The number of likely N-dealkylation sites (tertiary alicyclic amines) is 1. The van der Waals surface area contributed by atoms with Crippen LogP contribution in [0.1, 0.15) is 18.9 Å². The zero-order chi connectivity index (χ0) is 10.7. The lowest BCUT2D eigenvalue weighted by Crippen LogP contribution is -2.41. The van der Waals surface area contributed by atoms with Crippen LogP contribution in [0.4, 0.5) is 0 Å². The first kappa shape index (κ1) is 10.6. The minimum absolute atomic E-state index is 0.112. The van der Waals surface area contributed by atoms with Crippen LogP contribution in [0.3, 0.4) is 0 Å². The molecule has 0 aliphatic carbocycles. The molecular weight excluding hydrogens is 188 g/mol. The van der Waals surface area contributed by atoms with E-state index in [4.69, 9.17) is 0 Å². The average Bonchev–Trinajstić information content (AvgIpc) is 2.25. The Morgan fingerprint density at radius 1 is 1.47 bits per heavy atom. The molecule has 2 heterocycles. The molecule has 2 unspecified atom stereocenters. The summed E-state index contributed by atoms with van der Waals surface area (Å²) in [6.07, 6.45) is 4.44. The quantitative estimate of drug-likeness (QED) is 0.792. The zero-order valence-electron chi connectivity index (χ0n) is 9.13. The highest BCUT2D eigenvalue weighted by Crippen LogP contribution is 2.18. The number of aliphatic hydroxyl groups is 1. The molecule has 3 nitrogen and oxygen atoms in total. The SMILES string of the molecule is CC1CN(Cc2ccncc2)CCC1O. The summed E-state index contributed by atoms with van der Waals surface area (Å²) in [6, 6.07) is 4.10. The lowest BCUT2D eigenvalue weighted by atomic mass is 9.96. The molecule has 0 bridgehead atoms. The lowest BCUT2D eigenvalue weighted by molar-refractivity contribution is 0.0320.